The first kappa shape index (κ1) is 9.64. The number of nitriles is 1. The molecular formula is C7H5FN2O2S. The molecule has 0 saturated heterocycles. The molecule has 4 nitrogen and oxygen atoms in total. The summed E-state index contributed by atoms with van der Waals surface area (Å²) in [6.07, 6.45) is 0. The second-order valence-corrected chi connectivity index (χ2v) is 3.85. The standard InChI is InChI=1S/C7H5FN2O2S/c8-10-13(11,12)7-3-1-6(5-9)2-4-7/h1-4,10H. The highest BCUT2D eigenvalue weighted by molar-refractivity contribution is 7.89. The zero-order valence-corrected chi connectivity index (χ0v) is 7.18. The Bertz CT molecular complexity index is 433. The molecule has 68 valence electrons. The second kappa shape index (κ2) is 3.51. The van der Waals surface area contributed by atoms with E-state index >= 15 is 0 Å². The molecule has 0 bridgehead atoms. The van der Waals surface area contributed by atoms with Crippen LogP contribution in [0.5, 0.6) is 0 Å². The van der Waals surface area contributed by atoms with Gasteiger partial charge in [-0.1, -0.05) is 0 Å². The van der Waals surface area contributed by atoms with Crippen LogP contribution in [0.2, 0.25) is 0 Å². The van der Waals surface area contributed by atoms with Crippen LogP contribution in [-0.2, 0) is 10.0 Å². The summed E-state index contributed by atoms with van der Waals surface area (Å²) in [5, 5.41) is 8.40. The first-order valence-corrected chi connectivity index (χ1v) is 4.71. The number of nitrogens with zero attached hydrogens (tertiary/aromatic N) is 1. The molecule has 0 heterocycles. The van der Waals surface area contributed by atoms with Crippen LogP contribution in [0, 0.1) is 11.3 Å². The maximum Gasteiger partial charge on any atom is 0.266 e. The van der Waals surface area contributed by atoms with Gasteiger partial charge in [0.2, 0.25) is 0 Å². The number of sulfonamides is 1. The minimum Gasteiger partial charge on any atom is -0.205 e. The summed E-state index contributed by atoms with van der Waals surface area (Å²) >= 11 is 0. The first-order valence-electron chi connectivity index (χ1n) is 3.23. The molecule has 0 fully saturated rings. The molecule has 0 aromatic heterocycles. The number of rotatable bonds is 2. The topological polar surface area (TPSA) is 70.0 Å². The van der Waals surface area contributed by atoms with E-state index in [9.17, 15) is 12.9 Å². The van der Waals surface area contributed by atoms with Crippen molar-refractivity contribution in [3.63, 3.8) is 0 Å². The quantitative estimate of drug-likeness (QED) is 0.715. The number of benzene rings is 1. The molecule has 0 aliphatic rings. The second-order valence-electron chi connectivity index (χ2n) is 2.22. The molecule has 13 heavy (non-hydrogen) atoms. The number of halogens is 1. The van der Waals surface area contributed by atoms with Crippen LogP contribution in [0.4, 0.5) is 4.48 Å². The molecular weight excluding hydrogens is 195 g/mol. The summed E-state index contributed by atoms with van der Waals surface area (Å²) in [7, 11) is -4.05. The molecule has 1 N–H and O–H groups in total. The van der Waals surface area contributed by atoms with Crippen LogP contribution in [0.15, 0.2) is 29.2 Å². The minimum atomic E-state index is -4.05. The van der Waals surface area contributed by atoms with E-state index < -0.39 is 10.0 Å². The highest BCUT2D eigenvalue weighted by Crippen LogP contribution is 2.09. The van der Waals surface area contributed by atoms with Gasteiger partial charge in [-0.2, -0.15) is 5.26 Å². The van der Waals surface area contributed by atoms with E-state index in [4.69, 9.17) is 5.26 Å². The van der Waals surface area contributed by atoms with Gasteiger partial charge < -0.3 is 0 Å². The SMILES string of the molecule is N#Cc1ccc(S(=O)(=O)NF)cc1. The lowest BCUT2D eigenvalue weighted by molar-refractivity contribution is 0.425. The van der Waals surface area contributed by atoms with E-state index in [2.05, 4.69) is 0 Å². The molecule has 0 saturated carbocycles. The Kier molecular flexibility index (Phi) is 2.60. The molecule has 6 heteroatoms. The highest BCUT2D eigenvalue weighted by Gasteiger charge is 2.12. The average molecular weight is 200 g/mol. The normalized spacial score (nSPS) is 10.8. The molecule has 1 aromatic rings. The van der Waals surface area contributed by atoms with E-state index in [1.165, 1.54) is 12.1 Å². The maximum absolute atomic E-state index is 11.7. The van der Waals surface area contributed by atoms with Crippen molar-refractivity contribution in [2.75, 3.05) is 0 Å². The Morgan fingerprint density at radius 1 is 1.31 bits per heavy atom. The lowest BCUT2D eigenvalue weighted by atomic mass is 10.2. The van der Waals surface area contributed by atoms with Gasteiger partial charge in [-0.05, 0) is 29.2 Å². The van der Waals surface area contributed by atoms with Crippen molar-refractivity contribution >= 4 is 10.0 Å². The Balaban J connectivity index is 3.15. The molecule has 1 rings (SSSR count). The fourth-order valence-electron chi connectivity index (χ4n) is 0.753. The molecule has 0 aliphatic carbocycles. The van der Waals surface area contributed by atoms with E-state index in [0.717, 1.165) is 12.1 Å². The van der Waals surface area contributed by atoms with Crippen molar-refractivity contribution in [2.24, 2.45) is 0 Å². The molecule has 0 atom stereocenters. The average Bonchev–Trinajstić information content (AvgIpc) is 2.18. The third kappa shape index (κ3) is 2.02. The number of nitrogens with one attached hydrogen (secondary N) is 1. The predicted molar refractivity (Wildman–Crippen MR) is 42.6 cm³/mol. The van der Waals surface area contributed by atoms with Gasteiger partial charge in [-0.25, -0.2) is 8.42 Å². The van der Waals surface area contributed by atoms with Gasteiger partial charge in [0.05, 0.1) is 16.5 Å². The van der Waals surface area contributed by atoms with Gasteiger partial charge in [0, 0.05) is 0 Å². The highest BCUT2D eigenvalue weighted by atomic mass is 32.2. The van der Waals surface area contributed by atoms with E-state index in [1.54, 1.807) is 0 Å². The maximum atomic E-state index is 11.7. The van der Waals surface area contributed by atoms with Crippen molar-refractivity contribution < 1.29 is 12.9 Å². The third-order valence-corrected chi connectivity index (χ3v) is 2.49. The fourth-order valence-corrected chi connectivity index (χ4v) is 1.34. The van der Waals surface area contributed by atoms with E-state index in [1.807, 2.05) is 6.07 Å². The zero-order chi connectivity index (χ0) is 9.90. The minimum absolute atomic E-state index is 0.214. The monoisotopic (exact) mass is 200 g/mol. The zero-order valence-electron chi connectivity index (χ0n) is 6.36. The van der Waals surface area contributed by atoms with Crippen LogP contribution in [-0.4, -0.2) is 8.42 Å². The largest absolute Gasteiger partial charge is 0.266 e. The van der Waals surface area contributed by atoms with Gasteiger partial charge in [-0.3, -0.25) is 0 Å². The molecule has 1 aromatic carbocycles. The molecule has 0 unspecified atom stereocenters. The van der Waals surface area contributed by atoms with Crippen molar-refractivity contribution in [2.45, 2.75) is 4.90 Å². The van der Waals surface area contributed by atoms with E-state index in [0.29, 0.717) is 10.5 Å². The van der Waals surface area contributed by atoms with Gasteiger partial charge in [0.25, 0.3) is 10.0 Å². The summed E-state index contributed by atoms with van der Waals surface area (Å²) in [6.45, 7) is 0. The fraction of sp³-hybridized carbons (Fsp3) is 0. The van der Waals surface area contributed by atoms with Crippen LogP contribution < -0.4 is 4.94 Å². The Labute approximate surface area is 74.6 Å². The van der Waals surface area contributed by atoms with Crippen molar-refractivity contribution in [3.8, 4) is 6.07 Å². The Morgan fingerprint density at radius 3 is 2.23 bits per heavy atom. The Morgan fingerprint density at radius 2 is 1.85 bits per heavy atom. The van der Waals surface area contributed by atoms with Crippen LogP contribution in [0.1, 0.15) is 5.56 Å². The molecule has 0 amide bonds. The van der Waals surface area contributed by atoms with Crippen LogP contribution >= 0.6 is 0 Å². The summed E-state index contributed by atoms with van der Waals surface area (Å²) < 4.78 is 33.4. The van der Waals surface area contributed by atoms with Crippen molar-refractivity contribution in [1.29, 1.82) is 5.26 Å². The predicted octanol–water partition coefficient (Wildman–Crippen LogP) is 0.721. The van der Waals surface area contributed by atoms with E-state index in [-0.39, 0.29) is 4.90 Å². The van der Waals surface area contributed by atoms with Gasteiger partial charge in [-0.15, -0.1) is 4.48 Å². The lowest BCUT2D eigenvalue weighted by Gasteiger charge is -1.98. The van der Waals surface area contributed by atoms with Crippen molar-refractivity contribution in [1.82, 2.24) is 4.94 Å². The number of hydrogen-bond acceptors (Lipinski definition) is 3. The summed E-state index contributed by atoms with van der Waals surface area (Å²) in [5.74, 6) is 0. The molecule has 0 aliphatic heterocycles. The van der Waals surface area contributed by atoms with Gasteiger partial charge in [0.15, 0.2) is 0 Å². The number of hydrogen-bond donors (Lipinski definition) is 1. The Hall–Kier alpha value is -1.45. The van der Waals surface area contributed by atoms with Gasteiger partial charge in [0.1, 0.15) is 0 Å². The van der Waals surface area contributed by atoms with Crippen LogP contribution in [0.3, 0.4) is 0 Å². The smallest absolute Gasteiger partial charge is 0.205 e. The van der Waals surface area contributed by atoms with Crippen LogP contribution in [0.25, 0.3) is 0 Å². The lowest BCUT2D eigenvalue weighted by Crippen LogP contribution is -2.14. The third-order valence-electron chi connectivity index (χ3n) is 1.40. The summed E-state index contributed by atoms with van der Waals surface area (Å²) in [5.41, 5.74) is 0.317. The van der Waals surface area contributed by atoms with Crippen molar-refractivity contribution in [3.05, 3.63) is 29.8 Å². The molecule has 0 radical (unpaired) electrons. The molecule has 0 spiro atoms. The summed E-state index contributed by atoms with van der Waals surface area (Å²) in [6, 6.07) is 6.71. The summed E-state index contributed by atoms with van der Waals surface area (Å²) in [4.78, 5) is 0.470. The first-order chi connectivity index (χ1) is 6.10. The van der Waals surface area contributed by atoms with Gasteiger partial charge >= 0.3 is 0 Å².